The van der Waals surface area contributed by atoms with Crippen LogP contribution in [0.5, 0.6) is 0 Å². The van der Waals surface area contributed by atoms with Crippen LogP contribution >= 0.6 is 11.6 Å². The zero-order valence-electron chi connectivity index (χ0n) is 14.7. The summed E-state index contributed by atoms with van der Waals surface area (Å²) >= 11 is 5.75. The SMILES string of the molecule is CC(=O)Nc1ccc(S(=O)(=O)NCc2nnc3c(C(F)(F)F)cc(Cl)cn23)cc1. The van der Waals surface area contributed by atoms with E-state index in [0.29, 0.717) is 5.69 Å². The molecule has 0 unspecified atom stereocenters. The van der Waals surface area contributed by atoms with Gasteiger partial charge in [0.1, 0.15) is 5.56 Å². The van der Waals surface area contributed by atoms with Crippen LogP contribution in [0.3, 0.4) is 0 Å². The molecule has 2 N–H and O–H groups in total. The number of carbonyl (C=O) groups excluding carboxylic acids is 1. The second kappa shape index (κ2) is 7.61. The van der Waals surface area contributed by atoms with Gasteiger partial charge in [0.05, 0.1) is 16.5 Å². The van der Waals surface area contributed by atoms with E-state index >= 15 is 0 Å². The zero-order chi connectivity index (χ0) is 21.4. The fourth-order valence-corrected chi connectivity index (χ4v) is 3.69. The number of fused-ring (bicyclic) bond motifs is 1. The van der Waals surface area contributed by atoms with E-state index in [0.717, 1.165) is 16.7 Å². The summed E-state index contributed by atoms with van der Waals surface area (Å²) in [6.07, 6.45) is -3.54. The Morgan fingerprint density at radius 2 is 1.86 bits per heavy atom. The summed E-state index contributed by atoms with van der Waals surface area (Å²) in [4.78, 5) is 10.9. The third kappa shape index (κ3) is 4.66. The molecule has 2 aromatic heterocycles. The number of hydrogen-bond donors (Lipinski definition) is 2. The lowest BCUT2D eigenvalue weighted by atomic mass is 10.2. The van der Waals surface area contributed by atoms with Crippen LogP contribution in [0.25, 0.3) is 5.65 Å². The van der Waals surface area contributed by atoms with Gasteiger partial charge in [-0.2, -0.15) is 13.2 Å². The molecule has 0 saturated heterocycles. The van der Waals surface area contributed by atoms with Crippen LogP contribution in [0, 0.1) is 0 Å². The average Bonchev–Trinajstić information content (AvgIpc) is 3.01. The first-order chi connectivity index (χ1) is 13.5. The predicted molar refractivity (Wildman–Crippen MR) is 97.8 cm³/mol. The molecular formula is C16H13ClF3N5O3S. The van der Waals surface area contributed by atoms with Crippen LogP contribution in [-0.2, 0) is 27.5 Å². The van der Waals surface area contributed by atoms with E-state index in [1.807, 2.05) is 0 Å². The lowest BCUT2D eigenvalue weighted by molar-refractivity contribution is -0.136. The minimum Gasteiger partial charge on any atom is -0.326 e. The molecule has 3 aromatic rings. The van der Waals surface area contributed by atoms with Crippen molar-refractivity contribution >= 4 is 38.9 Å². The van der Waals surface area contributed by atoms with Gasteiger partial charge in [-0.25, -0.2) is 13.1 Å². The predicted octanol–water partition coefficient (Wildman–Crippen LogP) is 2.84. The van der Waals surface area contributed by atoms with Gasteiger partial charge in [-0.05, 0) is 30.3 Å². The Kier molecular flexibility index (Phi) is 5.52. The Labute approximate surface area is 167 Å². The summed E-state index contributed by atoms with van der Waals surface area (Å²) in [5.74, 6) is -0.388. The molecule has 1 aromatic carbocycles. The second-order valence-electron chi connectivity index (χ2n) is 5.91. The number of nitrogens with zero attached hydrogens (tertiary/aromatic N) is 3. The van der Waals surface area contributed by atoms with Gasteiger partial charge in [0.2, 0.25) is 15.9 Å². The largest absolute Gasteiger partial charge is 0.420 e. The number of aromatic nitrogens is 3. The third-order valence-corrected chi connectivity index (χ3v) is 5.38. The number of benzene rings is 1. The van der Waals surface area contributed by atoms with Crippen LogP contribution in [0.4, 0.5) is 18.9 Å². The monoisotopic (exact) mass is 447 g/mol. The summed E-state index contributed by atoms with van der Waals surface area (Å²) in [6.45, 7) is 0.889. The molecule has 0 aliphatic carbocycles. The van der Waals surface area contributed by atoms with Gasteiger partial charge in [0, 0.05) is 18.8 Å². The molecule has 29 heavy (non-hydrogen) atoms. The van der Waals surface area contributed by atoms with Gasteiger partial charge in [0.15, 0.2) is 11.5 Å². The quantitative estimate of drug-likeness (QED) is 0.625. The van der Waals surface area contributed by atoms with E-state index in [2.05, 4.69) is 20.2 Å². The summed E-state index contributed by atoms with van der Waals surface area (Å²) in [5.41, 5.74) is -1.16. The molecule has 0 aliphatic heterocycles. The third-order valence-electron chi connectivity index (χ3n) is 3.75. The normalized spacial score (nSPS) is 12.3. The van der Waals surface area contributed by atoms with Gasteiger partial charge >= 0.3 is 6.18 Å². The molecule has 0 saturated carbocycles. The number of sulfonamides is 1. The molecular weight excluding hydrogens is 435 g/mol. The van der Waals surface area contributed by atoms with Crippen molar-refractivity contribution in [3.8, 4) is 0 Å². The molecule has 0 spiro atoms. The first-order valence-electron chi connectivity index (χ1n) is 7.95. The van der Waals surface area contributed by atoms with Crippen molar-refractivity contribution in [2.24, 2.45) is 0 Å². The number of halogens is 4. The van der Waals surface area contributed by atoms with E-state index < -0.39 is 34.0 Å². The van der Waals surface area contributed by atoms with Gasteiger partial charge in [0.25, 0.3) is 0 Å². The number of pyridine rings is 1. The van der Waals surface area contributed by atoms with Crippen molar-refractivity contribution in [2.45, 2.75) is 24.5 Å². The van der Waals surface area contributed by atoms with Crippen molar-refractivity contribution in [3.63, 3.8) is 0 Å². The first-order valence-corrected chi connectivity index (χ1v) is 9.81. The van der Waals surface area contributed by atoms with Crippen molar-refractivity contribution in [1.82, 2.24) is 19.3 Å². The minimum absolute atomic E-state index is 0.0774. The van der Waals surface area contributed by atoms with Crippen LogP contribution in [0.15, 0.2) is 41.4 Å². The highest BCUT2D eigenvalue weighted by atomic mass is 35.5. The number of anilines is 1. The number of rotatable bonds is 5. The highest BCUT2D eigenvalue weighted by molar-refractivity contribution is 7.89. The van der Waals surface area contributed by atoms with Crippen molar-refractivity contribution in [3.05, 3.63) is 52.9 Å². The first kappa shape index (κ1) is 21.0. The van der Waals surface area contributed by atoms with E-state index in [1.54, 1.807) is 0 Å². The van der Waals surface area contributed by atoms with Crippen molar-refractivity contribution in [2.75, 3.05) is 5.32 Å². The molecule has 0 radical (unpaired) electrons. The lowest BCUT2D eigenvalue weighted by Gasteiger charge is -2.10. The number of amides is 1. The average molecular weight is 448 g/mol. The number of carbonyl (C=O) groups is 1. The molecule has 0 bridgehead atoms. The van der Waals surface area contributed by atoms with Crippen molar-refractivity contribution in [1.29, 1.82) is 0 Å². The maximum absolute atomic E-state index is 13.1. The number of alkyl halides is 3. The van der Waals surface area contributed by atoms with E-state index in [-0.39, 0.29) is 21.6 Å². The maximum atomic E-state index is 13.1. The van der Waals surface area contributed by atoms with Gasteiger partial charge in [-0.15, -0.1) is 10.2 Å². The Morgan fingerprint density at radius 1 is 1.21 bits per heavy atom. The van der Waals surface area contributed by atoms with E-state index in [1.165, 1.54) is 31.2 Å². The molecule has 154 valence electrons. The van der Waals surface area contributed by atoms with Crippen LogP contribution in [0.2, 0.25) is 5.02 Å². The molecule has 2 heterocycles. The standard InChI is InChI=1S/C16H13ClF3N5O3S/c1-9(26)22-11-2-4-12(5-3-11)29(27,28)21-7-14-23-24-15-13(16(18,19)20)6-10(17)8-25(14)15/h2-6,8,21H,7H2,1H3,(H,22,26). The van der Waals surface area contributed by atoms with Gasteiger partial charge in [-0.1, -0.05) is 11.6 Å². The smallest absolute Gasteiger partial charge is 0.326 e. The fourth-order valence-electron chi connectivity index (χ4n) is 2.50. The zero-order valence-corrected chi connectivity index (χ0v) is 16.2. The highest BCUT2D eigenvalue weighted by Crippen LogP contribution is 2.33. The maximum Gasteiger partial charge on any atom is 0.420 e. The second-order valence-corrected chi connectivity index (χ2v) is 8.11. The van der Waals surface area contributed by atoms with Gasteiger partial charge < -0.3 is 5.32 Å². The van der Waals surface area contributed by atoms with Crippen molar-refractivity contribution < 1.29 is 26.4 Å². The minimum atomic E-state index is -4.70. The van der Waals surface area contributed by atoms with Crippen LogP contribution in [-0.4, -0.2) is 28.9 Å². The molecule has 0 aliphatic rings. The number of hydrogen-bond acceptors (Lipinski definition) is 5. The van der Waals surface area contributed by atoms with Gasteiger partial charge in [-0.3, -0.25) is 9.20 Å². The van der Waals surface area contributed by atoms with E-state index in [4.69, 9.17) is 11.6 Å². The van der Waals surface area contributed by atoms with Crippen LogP contribution < -0.4 is 10.0 Å². The Balaban J connectivity index is 1.85. The Morgan fingerprint density at radius 3 is 2.45 bits per heavy atom. The molecule has 0 atom stereocenters. The molecule has 3 rings (SSSR count). The van der Waals surface area contributed by atoms with Crippen LogP contribution in [0.1, 0.15) is 18.3 Å². The highest BCUT2D eigenvalue weighted by Gasteiger charge is 2.35. The summed E-state index contributed by atoms with van der Waals surface area (Å²) < 4.78 is 67.5. The summed E-state index contributed by atoms with van der Waals surface area (Å²) in [7, 11) is -4.00. The molecule has 1 amide bonds. The molecule has 13 heteroatoms. The summed E-state index contributed by atoms with van der Waals surface area (Å²) in [6, 6.07) is 6.06. The molecule has 8 nitrogen and oxygen atoms in total. The Hall–Kier alpha value is -2.70. The lowest BCUT2D eigenvalue weighted by Crippen LogP contribution is -2.24. The molecule has 0 fully saturated rings. The fraction of sp³-hybridized carbons (Fsp3) is 0.188. The van der Waals surface area contributed by atoms with E-state index in [9.17, 15) is 26.4 Å². The number of nitrogens with one attached hydrogen (secondary N) is 2. The summed E-state index contributed by atoms with van der Waals surface area (Å²) in [5, 5.41) is 9.43. The Bertz CT molecular complexity index is 1180. The topological polar surface area (TPSA) is 105 Å².